The van der Waals surface area contributed by atoms with Crippen molar-refractivity contribution >= 4 is 50.4 Å². The van der Waals surface area contributed by atoms with E-state index in [9.17, 15) is 0 Å². The number of halogens is 1. The molecule has 0 bridgehead atoms. The van der Waals surface area contributed by atoms with Crippen molar-refractivity contribution < 1.29 is 0 Å². The molecule has 2 nitrogen and oxygen atoms in total. The van der Waals surface area contributed by atoms with Crippen LogP contribution in [0.15, 0.2) is 31.8 Å². The summed E-state index contributed by atoms with van der Waals surface area (Å²) in [6, 6.07) is 4.31. The summed E-state index contributed by atoms with van der Waals surface area (Å²) in [6.07, 6.45) is 1.83. The highest BCUT2D eigenvalue weighted by molar-refractivity contribution is 9.11. The topological polar surface area (TPSA) is 38.9 Å². The van der Waals surface area contributed by atoms with Crippen molar-refractivity contribution in [1.82, 2.24) is 4.98 Å². The number of aromatic nitrogens is 1. The second-order valence-electron chi connectivity index (χ2n) is 3.34. The highest BCUT2D eigenvalue weighted by Gasteiger charge is 2.20. The molecule has 2 heterocycles. The highest BCUT2D eigenvalue weighted by Crippen LogP contribution is 2.41. The van der Waals surface area contributed by atoms with E-state index in [-0.39, 0.29) is 11.3 Å². The minimum atomic E-state index is 0.111. The fraction of sp³-hybridized carbons (Fsp3) is 0.300. The summed E-state index contributed by atoms with van der Waals surface area (Å²) in [4.78, 5) is 5.58. The molecule has 0 amide bonds. The lowest BCUT2D eigenvalue weighted by Crippen LogP contribution is -2.21. The molecule has 0 saturated heterocycles. The van der Waals surface area contributed by atoms with Gasteiger partial charge in [0, 0.05) is 22.5 Å². The average molecular weight is 335 g/mol. The molecule has 2 aromatic heterocycles. The van der Waals surface area contributed by atoms with E-state index in [0.717, 1.165) is 8.13 Å². The standard InChI is InChI=1S/C10H11BrN2S3/c1-6(12)9(7-2-3-8(11)15-7)16-10-13-4-5-14-10/h2-6,9H,12H2,1H3. The number of hydrogen-bond acceptors (Lipinski definition) is 5. The first kappa shape index (κ1) is 12.6. The van der Waals surface area contributed by atoms with Crippen molar-refractivity contribution in [2.75, 3.05) is 0 Å². The lowest BCUT2D eigenvalue weighted by atomic mass is 10.2. The molecule has 0 saturated carbocycles. The molecular formula is C10H11BrN2S3. The van der Waals surface area contributed by atoms with Crippen LogP contribution in [0.5, 0.6) is 0 Å². The van der Waals surface area contributed by atoms with Gasteiger partial charge in [0.15, 0.2) is 0 Å². The van der Waals surface area contributed by atoms with Crippen LogP contribution in [0, 0.1) is 0 Å². The summed E-state index contributed by atoms with van der Waals surface area (Å²) in [5.74, 6) is 0. The normalized spacial score (nSPS) is 14.9. The van der Waals surface area contributed by atoms with E-state index >= 15 is 0 Å². The monoisotopic (exact) mass is 334 g/mol. The third-order valence-electron chi connectivity index (χ3n) is 1.99. The van der Waals surface area contributed by atoms with Gasteiger partial charge in [-0.05, 0) is 35.0 Å². The minimum Gasteiger partial charge on any atom is -0.327 e. The van der Waals surface area contributed by atoms with Gasteiger partial charge in [-0.2, -0.15) is 0 Å². The Morgan fingerprint density at radius 2 is 2.31 bits per heavy atom. The number of nitrogens with two attached hydrogens (primary N) is 1. The number of nitrogens with zero attached hydrogens (tertiary/aromatic N) is 1. The van der Waals surface area contributed by atoms with Crippen molar-refractivity contribution in [3.63, 3.8) is 0 Å². The molecule has 0 fully saturated rings. The van der Waals surface area contributed by atoms with E-state index in [0.29, 0.717) is 0 Å². The second-order valence-corrected chi connectivity index (χ2v) is 8.12. The Kier molecular flexibility index (Phi) is 4.43. The predicted octanol–water partition coefficient (Wildman–Crippen LogP) is 4.15. The van der Waals surface area contributed by atoms with Crippen molar-refractivity contribution in [1.29, 1.82) is 0 Å². The smallest absolute Gasteiger partial charge is 0.150 e. The summed E-state index contributed by atoms with van der Waals surface area (Å²) in [5, 5.41) is 2.27. The van der Waals surface area contributed by atoms with Gasteiger partial charge in [-0.25, -0.2) is 4.98 Å². The van der Waals surface area contributed by atoms with Crippen LogP contribution in [0.2, 0.25) is 0 Å². The quantitative estimate of drug-likeness (QED) is 0.853. The Balaban J connectivity index is 2.18. The first-order valence-electron chi connectivity index (χ1n) is 4.74. The maximum Gasteiger partial charge on any atom is 0.150 e. The van der Waals surface area contributed by atoms with E-state index in [4.69, 9.17) is 5.73 Å². The van der Waals surface area contributed by atoms with Crippen LogP contribution in [0.25, 0.3) is 0 Å². The second kappa shape index (κ2) is 5.64. The highest BCUT2D eigenvalue weighted by atomic mass is 79.9. The van der Waals surface area contributed by atoms with Gasteiger partial charge in [-0.15, -0.1) is 22.7 Å². The third kappa shape index (κ3) is 3.07. The SMILES string of the molecule is CC(N)C(Sc1nccs1)c1ccc(Br)s1. The van der Waals surface area contributed by atoms with Crippen molar-refractivity contribution in [3.05, 3.63) is 32.4 Å². The number of thiophene rings is 1. The molecule has 0 spiro atoms. The van der Waals surface area contributed by atoms with Crippen LogP contribution in [-0.4, -0.2) is 11.0 Å². The van der Waals surface area contributed by atoms with Crippen LogP contribution in [-0.2, 0) is 0 Å². The molecular weight excluding hydrogens is 324 g/mol. The number of thiazole rings is 1. The van der Waals surface area contributed by atoms with E-state index in [2.05, 4.69) is 33.0 Å². The Morgan fingerprint density at radius 1 is 1.50 bits per heavy atom. The summed E-state index contributed by atoms with van der Waals surface area (Å²) < 4.78 is 2.22. The van der Waals surface area contributed by atoms with E-state index < -0.39 is 0 Å². The Hall–Kier alpha value is 0.120. The average Bonchev–Trinajstić information content (AvgIpc) is 2.84. The molecule has 2 atom stereocenters. The van der Waals surface area contributed by atoms with Gasteiger partial charge in [0.05, 0.1) is 9.04 Å². The van der Waals surface area contributed by atoms with Crippen LogP contribution in [0.3, 0.4) is 0 Å². The van der Waals surface area contributed by atoms with Crippen LogP contribution in [0.4, 0.5) is 0 Å². The van der Waals surface area contributed by atoms with Gasteiger partial charge in [-0.3, -0.25) is 0 Å². The van der Waals surface area contributed by atoms with Crippen LogP contribution in [0.1, 0.15) is 17.1 Å². The lowest BCUT2D eigenvalue weighted by molar-refractivity contribution is 0.729. The Morgan fingerprint density at radius 3 is 2.81 bits per heavy atom. The van der Waals surface area contributed by atoms with E-state index in [1.165, 1.54) is 4.88 Å². The molecule has 0 radical (unpaired) electrons. The number of rotatable bonds is 4. The summed E-state index contributed by atoms with van der Waals surface area (Å²) >= 11 is 8.62. The van der Waals surface area contributed by atoms with Gasteiger partial charge in [0.2, 0.25) is 0 Å². The van der Waals surface area contributed by atoms with Gasteiger partial charge in [0.1, 0.15) is 4.34 Å². The Labute approximate surface area is 115 Å². The fourth-order valence-electron chi connectivity index (χ4n) is 1.28. The molecule has 86 valence electrons. The summed E-state index contributed by atoms with van der Waals surface area (Å²) in [5.41, 5.74) is 6.04. The van der Waals surface area contributed by atoms with Gasteiger partial charge >= 0.3 is 0 Å². The van der Waals surface area contributed by atoms with E-state index in [1.807, 2.05) is 18.5 Å². The number of thioether (sulfide) groups is 1. The third-order valence-corrected chi connectivity index (χ3v) is 6.23. The number of hydrogen-bond donors (Lipinski definition) is 1. The predicted molar refractivity (Wildman–Crippen MR) is 76.4 cm³/mol. The van der Waals surface area contributed by atoms with Crippen LogP contribution < -0.4 is 5.73 Å². The minimum absolute atomic E-state index is 0.111. The molecule has 2 aromatic rings. The zero-order chi connectivity index (χ0) is 11.5. The van der Waals surface area contributed by atoms with Gasteiger partial charge in [0.25, 0.3) is 0 Å². The maximum atomic E-state index is 6.04. The maximum absolute atomic E-state index is 6.04. The van der Waals surface area contributed by atoms with Crippen LogP contribution >= 0.6 is 50.4 Å². The summed E-state index contributed by atoms with van der Waals surface area (Å²) in [6.45, 7) is 2.04. The largest absolute Gasteiger partial charge is 0.327 e. The first-order valence-corrected chi connectivity index (χ1v) is 8.10. The molecule has 2 unspecified atom stereocenters. The molecule has 0 aromatic carbocycles. The molecule has 16 heavy (non-hydrogen) atoms. The summed E-state index contributed by atoms with van der Waals surface area (Å²) in [7, 11) is 0. The molecule has 0 aliphatic carbocycles. The fourth-order valence-corrected chi connectivity index (χ4v) is 4.90. The van der Waals surface area contributed by atoms with Crippen molar-refractivity contribution in [2.24, 2.45) is 5.73 Å². The molecule has 0 aliphatic rings. The molecule has 2 N–H and O–H groups in total. The van der Waals surface area contributed by atoms with E-state index in [1.54, 1.807) is 34.4 Å². The zero-order valence-electron chi connectivity index (χ0n) is 8.59. The van der Waals surface area contributed by atoms with Gasteiger partial charge in [-0.1, -0.05) is 11.8 Å². The molecule has 0 aliphatic heterocycles. The Bertz CT molecular complexity index is 439. The lowest BCUT2D eigenvalue weighted by Gasteiger charge is -2.17. The van der Waals surface area contributed by atoms with Crippen molar-refractivity contribution in [2.45, 2.75) is 22.6 Å². The van der Waals surface area contributed by atoms with Gasteiger partial charge < -0.3 is 5.73 Å². The molecule has 2 rings (SSSR count). The van der Waals surface area contributed by atoms with Crippen molar-refractivity contribution in [3.8, 4) is 0 Å². The zero-order valence-corrected chi connectivity index (χ0v) is 12.6. The first-order chi connectivity index (χ1) is 7.66. The molecule has 6 heteroatoms.